The van der Waals surface area contributed by atoms with Crippen molar-refractivity contribution >= 4 is 23.5 Å². The minimum absolute atomic E-state index is 1.04. The largest absolute Gasteiger partial charge is 0.497 e. The summed E-state index contributed by atoms with van der Waals surface area (Å²) in [6.45, 7) is 0. The molecule has 0 aliphatic heterocycles. The standard InChI is InChI=1S/CH8NO10P3/c1-2-10-14(6,7)12-15(8,9)11-13(3,4)5/h2H,1H3,(H,6,7)(H,8,9)(H2,3,4,5). The van der Waals surface area contributed by atoms with Crippen molar-refractivity contribution in [2.75, 3.05) is 7.05 Å². The van der Waals surface area contributed by atoms with Crippen LogP contribution in [0.2, 0.25) is 0 Å². The van der Waals surface area contributed by atoms with Gasteiger partial charge in [-0.25, -0.2) is 13.7 Å². The summed E-state index contributed by atoms with van der Waals surface area (Å²) in [4.78, 5) is 33.5. The minimum atomic E-state index is -5.41. The molecule has 15 heavy (non-hydrogen) atoms. The summed E-state index contributed by atoms with van der Waals surface area (Å²) in [5.74, 6) is 0. The Balaban J connectivity index is 4.59. The second-order valence-electron chi connectivity index (χ2n) is 1.89. The summed E-state index contributed by atoms with van der Waals surface area (Å²) in [5, 5.41) is 0. The molecule has 0 saturated carbocycles. The van der Waals surface area contributed by atoms with Crippen LogP contribution in [-0.4, -0.2) is 26.6 Å². The Hall–Kier alpha value is 0.370. The minimum Gasteiger partial charge on any atom is -0.302 e. The maximum absolute atomic E-state index is 10.7. The molecule has 2 unspecified atom stereocenters. The van der Waals surface area contributed by atoms with Crippen LogP contribution >= 0.6 is 23.5 Å². The van der Waals surface area contributed by atoms with E-state index >= 15 is 0 Å². The fraction of sp³-hybridized carbons (Fsp3) is 1.00. The van der Waals surface area contributed by atoms with Crippen LogP contribution < -0.4 is 5.48 Å². The number of hydrogen-bond donors (Lipinski definition) is 5. The molecule has 14 heteroatoms. The Labute approximate surface area is 83.4 Å². The maximum Gasteiger partial charge on any atom is 0.497 e. The van der Waals surface area contributed by atoms with E-state index in [2.05, 4.69) is 13.2 Å². The van der Waals surface area contributed by atoms with E-state index in [1.807, 2.05) is 0 Å². The van der Waals surface area contributed by atoms with Crippen molar-refractivity contribution < 1.29 is 46.5 Å². The molecule has 2 atom stereocenters. The fourth-order valence-electron chi connectivity index (χ4n) is 0.412. The van der Waals surface area contributed by atoms with Gasteiger partial charge < -0.3 is 19.6 Å². The highest BCUT2D eigenvalue weighted by Gasteiger charge is 2.40. The Morgan fingerprint density at radius 2 is 1.40 bits per heavy atom. The molecule has 0 amide bonds. The second-order valence-corrected chi connectivity index (χ2v) is 6.23. The highest BCUT2D eigenvalue weighted by atomic mass is 31.3. The summed E-state index contributed by atoms with van der Waals surface area (Å²) in [6.07, 6.45) is 0. The molecule has 0 bridgehead atoms. The average Bonchev–Trinajstić information content (AvgIpc) is 1.74. The normalized spacial score (nSPS) is 20.6. The van der Waals surface area contributed by atoms with Crippen molar-refractivity contribution in [1.82, 2.24) is 5.48 Å². The Morgan fingerprint density at radius 1 is 0.933 bits per heavy atom. The predicted octanol–water partition coefficient (Wildman–Crippen LogP) is -0.536. The molecule has 0 rings (SSSR count). The van der Waals surface area contributed by atoms with E-state index in [-0.39, 0.29) is 0 Å². The molecule has 0 aliphatic rings. The molecule has 0 radical (unpaired) electrons. The van der Waals surface area contributed by atoms with Crippen LogP contribution in [0.4, 0.5) is 0 Å². The molecule has 5 N–H and O–H groups in total. The molecule has 0 heterocycles. The molecule has 0 aliphatic carbocycles. The van der Waals surface area contributed by atoms with E-state index in [0.29, 0.717) is 0 Å². The summed E-state index contributed by atoms with van der Waals surface area (Å²) in [5.41, 5.74) is 1.67. The van der Waals surface area contributed by atoms with Crippen LogP contribution in [0.5, 0.6) is 0 Å². The van der Waals surface area contributed by atoms with E-state index in [1.165, 1.54) is 0 Å². The van der Waals surface area contributed by atoms with Gasteiger partial charge in [0.2, 0.25) is 0 Å². The van der Waals surface area contributed by atoms with Crippen LogP contribution in [0.1, 0.15) is 0 Å². The van der Waals surface area contributed by atoms with Gasteiger partial charge in [-0.05, 0) is 0 Å². The number of nitrogens with one attached hydrogen (secondary N) is 1. The lowest BCUT2D eigenvalue weighted by atomic mass is 11.6. The molecular weight excluding hydrogens is 279 g/mol. The van der Waals surface area contributed by atoms with E-state index < -0.39 is 23.5 Å². The molecule has 0 saturated heterocycles. The Morgan fingerprint density at radius 3 is 1.73 bits per heavy atom. The third-order valence-corrected chi connectivity index (χ3v) is 4.36. The molecule has 92 valence electrons. The molecule has 0 aromatic heterocycles. The van der Waals surface area contributed by atoms with Crippen molar-refractivity contribution in [3.63, 3.8) is 0 Å². The lowest BCUT2D eigenvalue weighted by Crippen LogP contribution is -2.06. The number of phosphoric acid groups is 3. The van der Waals surface area contributed by atoms with Crippen LogP contribution in [0.15, 0.2) is 0 Å². The number of rotatable bonds is 6. The Kier molecular flexibility index (Phi) is 5.26. The first kappa shape index (κ1) is 15.4. The van der Waals surface area contributed by atoms with E-state index in [1.54, 1.807) is 5.48 Å². The highest BCUT2D eigenvalue weighted by Crippen LogP contribution is 2.65. The van der Waals surface area contributed by atoms with Gasteiger partial charge in [0, 0.05) is 7.05 Å². The molecular formula is CH8NO10P3. The van der Waals surface area contributed by atoms with E-state index in [4.69, 9.17) is 19.6 Å². The van der Waals surface area contributed by atoms with Crippen LogP contribution in [0, 0.1) is 0 Å². The predicted molar refractivity (Wildman–Crippen MR) is 44.0 cm³/mol. The van der Waals surface area contributed by atoms with Gasteiger partial charge in [-0.15, -0.1) is 0 Å². The van der Waals surface area contributed by atoms with Gasteiger partial charge in [0.1, 0.15) is 0 Å². The summed E-state index contributed by atoms with van der Waals surface area (Å²) in [6, 6.07) is 0. The first-order valence-electron chi connectivity index (χ1n) is 2.96. The van der Waals surface area contributed by atoms with Crippen molar-refractivity contribution in [2.24, 2.45) is 0 Å². The SMILES string of the molecule is CNOP(=O)(O)OP(=O)(O)OP(=O)(O)O. The van der Waals surface area contributed by atoms with Crippen molar-refractivity contribution in [3.8, 4) is 0 Å². The molecule has 0 aromatic carbocycles. The fourth-order valence-corrected chi connectivity index (χ4v) is 3.28. The molecule has 11 nitrogen and oxygen atoms in total. The van der Waals surface area contributed by atoms with Gasteiger partial charge in [-0.2, -0.15) is 18.7 Å². The zero-order valence-corrected chi connectivity index (χ0v) is 9.76. The topological polar surface area (TPSA) is 172 Å². The number of hydrogen-bond acceptors (Lipinski definition) is 7. The quantitative estimate of drug-likeness (QED) is 0.313. The zero-order chi connectivity index (χ0) is 12.3. The second kappa shape index (κ2) is 5.13. The maximum atomic E-state index is 10.7. The molecule has 0 fully saturated rings. The van der Waals surface area contributed by atoms with Crippen molar-refractivity contribution in [1.29, 1.82) is 0 Å². The van der Waals surface area contributed by atoms with E-state index in [0.717, 1.165) is 7.05 Å². The summed E-state index contributed by atoms with van der Waals surface area (Å²) >= 11 is 0. The average molecular weight is 287 g/mol. The molecule has 0 aromatic rings. The van der Waals surface area contributed by atoms with E-state index in [9.17, 15) is 13.7 Å². The summed E-state index contributed by atoms with van der Waals surface area (Å²) < 4.78 is 42.0. The summed E-state index contributed by atoms with van der Waals surface area (Å²) in [7, 11) is -14.7. The lowest BCUT2D eigenvalue weighted by Gasteiger charge is -2.14. The first-order chi connectivity index (χ1) is 6.47. The monoisotopic (exact) mass is 287 g/mol. The van der Waals surface area contributed by atoms with Crippen LogP contribution in [0.3, 0.4) is 0 Å². The van der Waals surface area contributed by atoms with Gasteiger partial charge in [0.25, 0.3) is 0 Å². The van der Waals surface area contributed by atoms with Crippen LogP contribution in [-0.2, 0) is 26.9 Å². The van der Waals surface area contributed by atoms with Gasteiger partial charge in [0.05, 0.1) is 0 Å². The first-order valence-corrected chi connectivity index (χ1v) is 7.49. The third-order valence-electron chi connectivity index (χ3n) is 0.623. The zero-order valence-electron chi connectivity index (χ0n) is 7.08. The van der Waals surface area contributed by atoms with Gasteiger partial charge in [0.15, 0.2) is 0 Å². The smallest absolute Gasteiger partial charge is 0.302 e. The molecule has 0 spiro atoms. The number of hydroxylamine groups is 1. The van der Waals surface area contributed by atoms with Crippen molar-refractivity contribution in [2.45, 2.75) is 0 Å². The lowest BCUT2D eigenvalue weighted by molar-refractivity contribution is 0.132. The highest BCUT2D eigenvalue weighted by molar-refractivity contribution is 7.66. The van der Waals surface area contributed by atoms with Crippen LogP contribution in [0.25, 0.3) is 0 Å². The van der Waals surface area contributed by atoms with Crippen molar-refractivity contribution in [3.05, 3.63) is 0 Å². The van der Waals surface area contributed by atoms with Gasteiger partial charge >= 0.3 is 23.5 Å². The Bertz CT molecular complexity index is 343. The van der Waals surface area contributed by atoms with Gasteiger partial charge in [-0.3, -0.25) is 0 Å². The van der Waals surface area contributed by atoms with Gasteiger partial charge in [-0.1, -0.05) is 0 Å². The third kappa shape index (κ3) is 8.21.